The van der Waals surface area contributed by atoms with Crippen LogP contribution in [0.4, 0.5) is 0 Å². The number of hydrogen-bond acceptors (Lipinski definition) is 5. The Kier molecular flexibility index (Phi) is 5.61. The van der Waals surface area contributed by atoms with Gasteiger partial charge in [-0.05, 0) is 57.1 Å². The highest BCUT2D eigenvalue weighted by Crippen LogP contribution is 2.42. The summed E-state index contributed by atoms with van der Waals surface area (Å²) in [7, 11) is 2.05. The van der Waals surface area contributed by atoms with E-state index >= 15 is 0 Å². The van der Waals surface area contributed by atoms with Crippen molar-refractivity contribution >= 4 is 5.97 Å². The van der Waals surface area contributed by atoms with Crippen LogP contribution in [0.15, 0.2) is 24.3 Å². The number of aliphatic carboxylic acids is 1. The second kappa shape index (κ2) is 7.72. The summed E-state index contributed by atoms with van der Waals surface area (Å²) in [6.45, 7) is 3.64. The van der Waals surface area contributed by atoms with Crippen LogP contribution in [0.2, 0.25) is 0 Å². The van der Waals surface area contributed by atoms with Gasteiger partial charge >= 0.3 is 5.97 Å². The highest BCUT2D eigenvalue weighted by molar-refractivity contribution is 5.76. The van der Waals surface area contributed by atoms with Gasteiger partial charge < -0.3 is 19.8 Å². The number of likely N-dealkylation sites (N-methyl/N-ethyl adjacent to an activating group) is 1. The molecule has 2 N–H and O–H groups in total. The minimum Gasteiger partial charge on any atom is -0.491 e. The van der Waals surface area contributed by atoms with Crippen LogP contribution in [-0.4, -0.2) is 71.9 Å². The van der Waals surface area contributed by atoms with E-state index in [9.17, 15) is 9.90 Å². The van der Waals surface area contributed by atoms with Gasteiger partial charge in [0.05, 0.1) is 12.0 Å². The Morgan fingerprint density at radius 2 is 2.20 bits per heavy atom. The van der Waals surface area contributed by atoms with E-state index in [0.29, 0.717) is 13.0 Å². The molecule has 0 spiro atoms. The Bertz CT molecular complexity index is 609. The molecule has 2 heterocycles. The maximum atomic E-state index is 12.0. The smallest absolute Gasteiger partial charge is 0.311 e. The Morgan fingerprint density at radius 1 is 1.36 bits per heavy atom. The number of piperidine rings is 2. The average Bonchev–Trinajstić information content (AvgIpc) is 2.61. The number of carboxylic acid groups (broad SMARTS) is 1. The molecule has 2 fully saturated rings. The van der Waals surface area contributed by atoms with Gasteiger partial charge in [-0.2, -0.15) is 0 Å². The number of carbonyl (C=O) groups is 1. The number of likely N-dealkylation sites (tertiary alicyclic amines) is 2. The average molecular weight is 348 g/mol. The molecule has 0 unspecified atom stereocenters. The SMILES string of the molecule is CN1CCC[C@]2(C(=O)O)CCN(Cc3cccc(OCCO)c3)C[C@@H]12. The lowest BCUT2D eigenvalue weighted by atomic mass is 9.68. The molecule has 0 aromatic heterocycles. The second-order valence-corrected chi connectivity index (χ2v) is 7.27. The predicted octanol–water partition coefficient (Wildman–Crippen LogP) is 1.43. The van der Waals surface area contributed by atoms with Gasteiger partial charge in [0.2, 0.25) is 0 Å². The van der Waals surface area contributed by atoms with Crippen LogP contribution in [-0.2, 0) is 11.3 Å². The third-order valence-corrected chi connectivity index (χ3v) is 5.70. The molecular weight excluding hydrogens is 320 g/mol. The van der Waals surface area contributed by atoms with Gasteiger partial charge in [-0.1, -0.05) is 12.1 Å². The normalized spacial score (nSPS) is 27.7. The highest BCUT2D eigenvalue weighted by atomic mass is 16.5. The first-order chi connectivity index (χ1) is 12.0. The van der Waals surface area contributed by atoms with Gasteiger partial charge in [0.15, 0.2) is 0 Å². The molecule has 0 saturated carbocycles. The number of rotatable bonds is 6. The molecule has 1 aromatic rings. The van der Waals surface area contributed by atoms with E-state index in [1.54, 1.807) is 0 Å². The summed E-state index contributed by atoms with van der Waals surface area (Å²) in [6, 6.07) is 7.98. The van der Waals surface area contributed by atoms with E-state index in [2.05, 4.69) is 15.9 Å². The number of fused-ring (bicyclic) bond motifs is 1. The summed E-state index contributed by atoms with van der Waals surface area (Å²) in [5, 5.41) is 18.7. The van der Waals surface area contributed by atoms with Crippen molar-refractivity contribution in [2.45, 2.75) is 31.8 Å². The molecule has 0 amide bonds. The van der Waals surface area contributed by atoms with Crippen molar-refractivity contribution in [2.75, 3.05) is 39.9 Å². The van der Waals surface area contributed by atoms with E-state index in [4.69, 9.17) is 9.84 Å². The predicted molar refractivity (Wildman–Crippen MR) is 94.6 cm³/mol. The lowest BCUT2D eigenvalue weighted by molar-refractivity contribution is -0.162. The van der Waals surface area contributed by atoms with Gasteiger partial charge in [0.25, 0.3) is 0 Å². The molecular formula is C19H28N2O4. The fourth-order valence-corrected chi connectivity index (χ4v) is 4.34. The van der Waals surface area contributed by atoms with Crippen molar-refractivity contribution in [3.05, 3.63) is 29.8 Å². The van der Waals surface area contributed by atoms with Gasteiger partial charge in [-0.15, -0.1) is 0 Å². The van der Waals surface area contributed by atoms with Gasteiger partial charge in [0.1, 0.15) is 12.4 Å². The Balaban J connectivity index is 1.68. The van der Waals surface area contributed by atoms with E-state index in [-0.39, 0.29) is 12.6 Å². The molecule has 6 heteroatoms. The van der Waals surface area contributed by atoms with Crippen LogP contribution in [0.3, 0.4) is 0 Å². The van der Waals surface area contributed by atoms with Crippen molar-refractivity contribution in [3.63, 3.8) is 0 Å². The van der Waals surface area contributed by atoms with E-state index in [0.717, 1.165) is 50.3 Å². The zero-order valence-electron chi connectivity index (χ0n) is 14.9. The van der Waals surface area contributed by atoms with Crippen molar-refractivity contribution in [1.29, 1.82) is 0 Å². The fourth-order valence-electron chi connectivity index (χ4n) is 4.34. The topological polar surface area (TPSA) is 73.2 Å². The number of aliphatic hydroxyl groups excluding tert-OH is 1. The first kappa shape index (κ1) is 18.2. The quantitative estimate of drug-likeness (QED) is 0.810. The molecule has 25 heavy (non-hydrogen) atoms. The summed E-state index contributed by atoms with van der Waals surface area (Å²) in [4.78, 5) is 16.6. The number of benzene rings is 1. The maximum Gasteiger partial charge on any atom is 0.311 e. The lowest BCUT2D eigenvalue weighted by Gasteiger charge is -2.51. The van der Waals surface area contributed by atoms with Crippen LogP contribution in [0.5, 0.6) is 5.75 Å². The molecule has 2 aliphatic rings. The van der Waals surface area contributed by atoms with Gasteiger partial charge in [0, 0.05) is 19.1 Å². The van der Waals surface area contributed by atoms with Crippen LogP contribution in [0.1, 0.15) is 24.8 Å². The number of ether oxygens (including phenoxy) is 1. The van der Waals surface area contributed by atoms with Crippen molar-refractivity contribution in [3.8, 4) is 5.75 Å². The highest BCUT2D eigenvalue weighted by Gasteiger charge is 2.52. The van der Waals surface area contributed by atoms with Crippen LogP contribution in [0.25, 0.3) is 0 Å². The Hall–Kier alpha value is -1.63. The van der Waals surface area contributed by atoms with Crippen molar-refractivity contribution in [1.82, 2.24) is 9.80 Å². The summed E-state index contributed by atoms with van der Waals surface area (Å²) in [6.07, 6.45) is 2.46. The Labute approximate surface area is 149 Å². The third kappa shape index (κ3) is 3.81. The fraction of sp³-hybridized carbons (Fsp3) is 0.632. The molecule has 2 saturated heterocycles. The summed E-state index contributed by atoms with van der Waals surface area (Å²) in [5.74, 6) is 0.126. The maximum absolute atomic E-state index is 12.0. The largest absolute Gasteiger partial charge is 0.491 e. The second-order valence-electron chi connectivity index (χ2n) is 7.27. The molecule has 0 bridgehead atoms. The number of hydrogen-bond donors (Lipinski definition) is 2. The zero-order valence-corrected chi connectivity index (χ0v) is 14.9. The molecule has 0 radical (unpaired) electrons. The first-order valence-corrected chi connectivity index (χ1v) is 9.04. The van der Waals surface area contributed by atoms with E-state index in [1.165, 1.54) is 0 Å². The number of carboxylic acids is 1. The number of aliphatic hydroxyl groups is 1. The zero-order chi connectivity index (χ0) is 17.9. The van der Waals surface area contributed by atoms with Crippen molar-refractivity contribution < 1.29 is 19.7 Å². The van der Waals surface area contributed by atoms with Gasteiger partial charge in [-0.3, -0.25) is 9.69 Å². The van der Waals surface area contributed by atoms with Crippen LogP contribution in [0, 0.1) is 5.41 Å². The van der Waals surface area contributed by atoms with E-state index < -0.39 is 11.4 Å². The van der Waals surface area contributed by atoms with Crippen LogP contribution < -0.4 is 4.74 Å². The molecule has 0 aliphatic carbocycles. The standard InChI is InChI=1S/C19H28N2O4/c1-20-8-3-6-19(18(23)24)7-9-21(14-17(19)20)13-15-4-2-5-16(12-15)25-11-10-22/h2,4-5,12,17,22H,3,6-11,13-14H2,1H3,(H,23,24)/t17-,19+/m1/s1. The third-order valence-electron chi connectivity index (χ3n) is 5.70. The molecule has 1 aromatic carbocycles. The first-order valence-electron chi connectivity index (χ1n) is 9.04. The molecule has 138 valence electrons. The lowest BCUT2D eigenvalue weighted by Crippen LogP contribution is -2.62. The van der Waals surface area contributed by atoms with Crippen molar-refractivity contribution in [2.24, 2.45) is 5.41 Å². The molecule has 2 aliphatic heterocycles. The Morgan fingerprint density at radius 3 is 2.96 bits per heavy atom. The summed E-state index contributed by atoms with van der Waals surface area (Å²) in [5.41, 5.74) is 0.562. The number of nitrogens with zero attached hydrogens (tertiary/aromatic N) is 2. The van der Waals surface area contributed by atoms with Crippen LogP contribution >= 0.6 is 0 Å². The summed E-state index contributed by atoms with van der Waals surface area (Å²) >= 11 is 0. The van der Waals surface area contributed by atoms with E-state index in [1.807, 2.05) is 25.2 Å². The minimum absolute atomic E-state index is 0.00163. The summed E-state index contributed by atoms with van der Waals surface area (Å²) < 4.78 is 5.48. The molecule has 6 nitrogen and oxygen atoms in total. The molecule has 2 atom stereocenters. The molecule has 3 rings (SSSR count). The minimum atomic E-state index is -0.636. The monoisotopic (exact) mass is 348 g/mol. The van der Waals surface area contributed by atoms with Gasteiger partial charge in [-0.25, -0.2) is 0 Å².